The fourth-order valence-electron chi connectivity index (χ4n) is 3.77. The van der Waals surface area contributed by atoms with Crippen molar-refractivity contribution in [2.24, 2.45) is 0 Å². The lowest BCUT2D eigenvalue weighted by Gasteiger charge is -2.30. The first-order valence-electron chi connectivity index (χ1n) is 8.40. The van der Waals surface area contributed by atoms with Crippen LogP contribution in [-0.4, -0.2) is 16.1 Å². The summed E-state index contributed by atoms with van der Waals surface area (Å²) < 4.78 is 2.23. The fraction of sp³-hybridized carbons (Fsp3) is 0.286. The van der Waals surface area contributed by atoms with E-state index < -0.39 is 0 Å². The molecule has 1 aliphatic heterocycles. The molecule has 3 heterocycles. The van der Waals surface area contributed by atoms with Crippen molar-refractivity contribution in [2.75, 3.05) is 11.4 Å². The van der Waals surface area contributed by atoms with Crippen molar-refractivity contribution >= 4 is 29.1 Å². The zero-order chi connectivity index (χ0) is 16.7. The molecule has 3 nitrogen and oxygen atoms in total. The summed E-state index contributed by atoms with van der Waals surface area (Å²) in [5, 5.41) is 1.26. The zero-order valence-electron chi connectivity index (χ0n) is 14.6. The minimum atomic E-state index is 0. The number of hydrogen-bond donors (Lipinski definition) is 0. The van der Waals surface area contributed by atoms with Crippen molar-refractivity contribution in [2.45, 2.75) is 33.4 Å². The van der Waals surface area contributed by atoms with Gasteiger partial charge in [0.25, 0.3) is 0 Å². The predicted molar refractivity (Wildman–Crippen MR) is 106 cm³/mol. The Bertz CT molecular complexity index is 965. The number of halogens is 1. The van der Waals surface area contributed by atoms with E-state index >= 15 is 0 Å². The molecular formula is C21H22ClN3. The quantitative estimate of drug-likeness (QED) is 0.643. The number of benzene rings is 1. The lowest BCUT2D eigenvalue weighted by Crippen LogP contribution is -2.31. The molecule has 25 heavy (non-hydrogen) atoms. The van der Waals surface area contributed by atoms with Crippen LogP contribution in [0, 0.1) is 26.2 Å². The van der Waals surface area contributed by atoms with E-state index in [2.05, 4.69) is 59.6 Å². The number of pyridine rings is 1. The van der Waals surface area contributed by atoms with Gasteiger partial charge in [0.2, 0.25) is 0 Å². The molecule has 0 fully saturated rings. The molecule has 4 heteroatoms. The first-order valence-corrected chi connectivity index (χ1v) is 8.40. The van der Waals surface area contributed by atoms with Gasteiger partial charge in [-0.2, -0.15) is 0 Å². The normalized spacial score (nSPS) is 13.2. The molecule has 1 aliphatic rings. The van der Waals surface area contributed by atoms with Gasteiger partial charge in [-0.3, -0.25) is 0 Å². The van der Waals surface area contributed by atoms with Crippen LogP contribution < -0.4 is 4.90 Å². The van der Waals surface area contributed by atoms with Gasteiger partial charge < -0.3 is 9.47 Å². The molecule has 2 aromatic heterocycles. The van der Waals surface area contributed by atoms with Crippen LogP contribution in [0.4, 0.5) is 5.82 Å². The van der Waals surface area contributed by atoms with Gasteiger partial charge in [0, 0.05) is 30.4 Å². The van der Waals surface area contributed by atoms with Crippen LogP contribution in [0.2, 0.25) is 0 Å². The molecule has 0 saturated carbocycles. The Hall–Kier alpha value is -2.44. The number of fused-ring (bicyclic) bond motifs is 2. The van der Waals surface area contributed by atoms with Crippen LogP contribution in [0.25, 0.3) is 10.9 Å². The first-order chi connectivity index (χ1) is 11.7. The molecule has 0 unspecified atom stereocenters. The first kappa shape index (κ1) is 17.4. The van der Waals surface area contributed by atoms with E-state index in [0.29, 0.717) is 6.54 Å². The van der Waals surface area contributed by atoms with E-state index in [1.165, 1.54) is 33.3 Å². The van der Waals surface area contributed by atoms with Gasteiger partial charge in [0.1, 0.15) is 0 Å². The second-order valence-corrected chi connectivity index (χ2v) is 6.47. The van der Waals surface area contributed by atoms with Gasteiger partial charge in [0.05, 0.1) is 12.1 Å². The van der Waals surface area contributed by atoms with Crippen molar-refractivity contribution in [3.8, 4) is 12.3 Å². The van der Waals surface area contributed by atoms with E-state index in [1.54, 1.807) is 0 Å². The molecule has 0 spiro atoms. The highest BCUT2D eigenvalue weighted by Crippen LogP contribution is 2.33. The van der Waals surface area contributed by atoms with Gasteiger partial charge in [-0.15, -0.1) is 18.8 Å². The minimum absolute atomic E-state index is 0. The number of nitrogens with zero attached hydrogens (tertiary/aromatic N) is 3. The van der Waals surface area contributed by atoms with E-state index in [4.69, 9.17) is 11.4 Å². The minimum Gasteiger partial charge on any atom is -0.350 e. The Morgan fingerprint density at radius 2 is 1.92 bits per heavy atom. The van der Waals surface area contributed by atoms with Crippen LogP contribution in [-0.2, 0) is 19.5 Å². The molecule has 0 radical (unpaired) electrons. The maximum Gasteiger partial charge on any atom is 0.153 e. The van der Waals surface area contributed by atoms with Gasteiger partial charge in [-0.1, -0.05) is 30.2 Å². The number of hydrogen-bond acceptors (Lipinski definition) is 2. The Morgan fingerprint density at radius 1 is 1.16 bits per heavy atom. The fourth-order valence-corrected chi connectivity index (χ4v) is 3.77. The maximum absolute atomic E-state index is 5.62. The summed E-state index contributed by atoms with van der Waals surface area (Å²) in [5.41, 5.74) is 6.54. The lowest BCUT2D eigenvalue weighted by atomic mass is 10.00. The number of rotatable bonds is 2. The van der Waals surface area contributed by atoms with Crippen LogP contribution in [0.15, 0.2) is 36.5 Å². The molecule has 0 amide bonds. The topological polar surface area (TPSA) is 21.1 Å². The van der Waals surface area contributed by atoms with Crippen LogP contribution in [0.3, 0.4) is 0 Å². The van der Waals surface area contributed by atoms with Crippen molar-refractivity contribution in [1.29, 1.82) is 0 Å². The average Bonchev–Trinajstić information content (AvgIpc) is 2.87. The molecule has 1 aromatic carbocycles. The van der Waals surface area contributed by atoms with Gasteiger partial charge >= 0.3 is 0 Å². The SMILES string of the molecule is C#CCn1c(C)c(C)c2ccnc(N3CCc4ccccc4C3)c21.Cl. The monoisotopic (exact) mass is 351 g/mol. The van der Waals surface area contributed by atoms with E-state index in [-0.39, 0.29) is 12.4 Å². The smallest absolute Gasteiger partial charge is 0.153 e. The molecule has 0 bridgehead atoms. The highest BCUT2D eigenvalue weighted by molar-refractivity contribution is 5.93. The number of aryl methyl sites for hydroxylation is 1. The highest BCUT2D eigenvalue weighted by Gasteiger charge is 2.22. The summed E-state index contributed by atoms with van der Waals surface area (Å²) in [4.78, 5) is 7.12. The van der Waals surface area contributed by atoms with Crippen molar-refractivity contribution in [3.05, 3.63) is 58.9 Å². The summed E-state index contributed by atoms with van der Waals surface area (Å²) >= 11 is 0. The Morgan fingerprint density at radius 3 is 2.68 bits per heavy atom. The van der Waals surface area contributed by atoms with Crippen LogP contribution in [0.5, 0.6) is 0 Å². The molecular weight excluding hydrogens is 330 g/mol. The Balaban J connectivity index is 0.00000182. The lowest BCUT2D eigenvalue weighted by molar-refractivity contribution is 0.719. The van der Waals surface area contributed by atoms with Gasteiger partial charge in [-0.25, -0.2) is 4.98 Å². The summed E-state index contributed by atoms with van der Waals surface area (Å²) in [6.07, 6.45) is 8.60. The van der Waals surface area contributed by atoms with Gasteiger partial charge in [0.15, 0.2) is 5.82 Å². The van der Waals surface area contributed by atoms with E-state index in [1.807, 2.05) is 6.20 Å². The van der Waals surface area contributed by atoms with Crippen molar-refractivity contribution < 1.29 is 0 Å². The third kappa shape index (κ3) is 2.77. The number of terminal acetylenes is 1. The average molecular weight is 352 g/mol. The van der Waals surface area contributed by atoms with Crippen LogP contribution >= 0.6 is 12.4 Å². The van der Waals surface area contributed by atoms with Crippen molar-refractivity contribution in [3.63, 3.8) is 0 Å². The predicted octanol–water partition coefficient (Wildman–Crippen LogP) is 4.27. The molecule has 0 aliphatic carbocycles. The standard InChI is InChI=1S/C21H21N3.ClH/c1-4-12-24-16(3)15(2)19-9-11-22-21(20(19)24)23-13-10-17-7-5-6-8-18(17)14-23;/h1,5-9,11H,10,12-14H2,2-3H3;1H. The molecule has 0 saturated heterocycles. The highest BCUT2D eigenvalue weighted by atomic mass is 35.5. The number of anilines is 1. The maximum atomic E-state index is 5.62. The zero-order valence-corrected chi connectivity index (χ0v) is 15.4. The second kappa shape index (κ2) is 6.82. The molecule has 0 N–H and O–H groups in total. The Kier molecular flexibility index (Phi) is 4.74. The van der Waals surface area contributed by atoms with Crippen LogP contribution in [0.1, 0.15) is 22.4 Å². The van der Waals surface area contributed by atoms with E-state index in [9.17, 15) is 0 Å². The molecule has 0 atom stereocenters. The van der Waals surface area contributed by atoms with Gasteiger partial charge in [-0.05, 0) is 43.0 Å². The van der Waals surface area contributed by atoms with Crippen molar-refractivity contribution in [1.82, 2.24) is 9.55 Å². The third-order valence-electron chi connectivity index (χ3n) is 5.21. The molecule has 3 aromatic rings. The summed E-state index contributed by atoms with van der Waals surface area (Å²) in [6, 6.07) is 10.8. The summed E-state index contributed by atoms with van der Waals surface area (Å²) in [6.45, 7) is 6.78. The number of aromatic nitrogens is 2. The Labute approximate surface area is 155 Å². The third-order valence-corrected chi connectivity index (χ3v) is 5.21. The summed E-state index contributed by atoms with van der Waals surface area (Å²) in [7, 11) is 0. The molecule has 128 valence electrons. The largest absolute Gasteiger partial charge is 0.350 e. The second-order valence-electron chi connectivity index (χ2n) is 6.47. The van der Waals surface area contributed by atoms with E-state index in [0.717, 1.165) is 25.3 Å². The summed E-state index contributed by atoms with van der Waals surface area (Å²) in [5.74, 6) is 3.84. The molecule has 4 rings (SSSR count).